The first-order chi connectivity index (χ1) is 15.2. The lowest BCUT2D eigenvalue weighted by atomic mass is 10.1. The second kappa shape index (κ2) is 8.48. The average Bonchev–Trinajstić information content (AvgIpc) is 3.19. The fraction of sp³-hybridized carbons (Fsp3) is 0.130. The second-order valence-corrected chi connectivity index (χ2v) is 8.08. The topological polar surface area (TPSA) is 43.5 Å². The standard InChI is InChI=1S/C23H14F4N2O2S/c1-13-21(30)28(11-15-6-8-18(25)20(27)10-15)23(31)29-12-16(32-22(13)29)4-2-3-14-5-7-17(24)19(26)9-14/h5-10,12H,3,11H2,1H3. The summed E-state index contributed by atoms with van der Waals surface area (Å²) in [6.45, 7) is 1.35. The molecule has 2 aromatic heterocycles. The van der Waals surface area contributed by atoms with Gasteiger partial charge in [-0.05, 0) is 42.3 Å². The minimum Gasteiger partial charge on any atom is -0.269 e. The van der Waals surface area contributed by atoms with Crippen molar-refractivity contribution in [2.24, 2.45) is 0 Å². The third kappa shape index (κ3) is 4.09. The Morgan fingerprint density at radius 1 is 0.906 bits per heavy atom. The zero-order valence-electron chi connectivity index (χ0n) is 16.6. The van der Waals surface area contributed by atoms with E-state index in [-0.39, 0.29) is 18.5 Å². The van der Waals surface area contributed by atoms with E-state index in [1.54, 1.807) is 6.92 Å². The number of benzene rings is 2. The van der Waals surface area contributed by atoms with Gasteiger partial charge in [-0.25, -0.2) is 22.4 Å². The van der Waals surface area contributed by atoms with Crippen molar-refractivity contribution >= 4 is 16.2 Å². The number of aromatic nitrogens is 2. The molecule has 0 unspecified atom stereocenters. The molecule has 0 spiro atoms. The van der Waals surface area contributed by atoms with Gasteiger partial charge < -0.3 is 0 Å². The largest absolute Gasteiger partial charge is 0.336 e. The molecular weight excluding hydrogens is 444 g/mol. The zero-order chi connectivity index (χ0) is 23.0. The molecule has 162 valence electrons. The zero-order valence-corrected chi connectivity index (χ0v) is 17.4. The van der Waals surface area contributed by atoms with Gasteiger partial charge in [-0.15, -0.1) is 11.3 Å². The van der Waals surface area contributed by atoms with E-state index in [1.165, 1.54) is 22.7 Å². The molecule has 2 aromatic carbocycles. The monoisotopic (exact) mass is 458 g/mol. The molecule has 4 nitrogen and oxygen atoms in total. The smallest absolute Gasteiger partial charge is 0.269 e. The third-order valence-corrected chi connectivity index (χ3v) is 5.93. The van der Waals surface area contributed by atoms with Gasteiger partial charge in [-0.1, -0.05) is 24.0 Å². The van der Waals surface area contributed by atoms with E-state index in [1.807, 2.05) is 0 Å². The highest BCUT2D eigenvalue weighted by Crippen LogP contribution is 2.18. The summed E-state index contributed by atoms with van der Waals surface area (Å²) in [7, 11) is 0. The van der Waals surface area contributed by atoms with Crippen LogP contribution in [0.2, 0.25) is 0 Å². The molecule has 2 heterocycles. The molecule has 0 saturated heterocycles. The lowest BCUT2D eigenvalue weighted by Gasteiger charge is -2.08. The van der Waals surface area contributed by atoms with Gasteiger partial charge >= 0.3 is 5.69 Å². The van der Waals surface area contributed by atoms with Gasteiger partial charge in [0.05, 0.1) is 11.4 Å². The molecule has 0 radical (unpaired) electrons. The molecule has 0 atom stereocenters. The molecule has 0 aliphatic rings. The molecule has 0 bridgehead atoms. The van der Waals surface area contributed by atoms with Crippen molar-refractivity contribution in [2.45, 2.75) is 19.9 Å². The van der Waals surface area contributed by atoms with Crippen LogP contribution in [0, 0.1) is 42.0 Å². The van der Waals surface area contributed by atoms with E-state index in [9.17, 15) is 27.2 Å². The second-order valence-electron chi connectivity index (χ2n) is 7.04. The lowest BCUT2D eigenvalue weighted by molar-refractivity contribution is 0.506. The Kier molecular flexibility index (Phi) is 5.72. The maximum absolute atomic E-state index is 13.5. The van der Waals surface area contributed by atoms with Crippen molar-refractivity contribution in [3.8, 4) is 11.8 Å². The van der Waals surface area contributed by atoms with Gasteiger partial charge in [-0.2, -0.15) is 0 Å². The third-order valence-electron chi connectivity index (χ3n) is 4.81. The SMILES string of the molecule is Cc1c(=O)n(Cc2ccc(F)c(F)c2)c(=O)n2cc(C#CCc3ccc(F)c(F)c3)sc12. The van der Waals surface area contributed by atoms with Crippen molar-refractivity contribution in [3.05, 3.63) is 108 Å². The van der Waals surface area contributed by atoms with Crippen LogP contribution in [0.15, 0.2) is 52.2 Å². The molecule has 4 rings (SSSR count). The van der Waals surface area contributed by atoms with Crippen molar-refractivity contribution in [1.82, 2.24) is 8.97 Å². The molecule has 4 aromatic rings. The quantitative estimate of drug-likeness (QED) is 0.344. The van der Waals surface area contributed by atoms with Crippen LogP contribution in [0.4, 0.5) is 17.6 Å². The van der Waals surface area contributed by atoms with Crippen LogP contribution in [0.1, 0.15) is 21.6 Å². The Hall–Kier alpha value is -3.64. The van der Waals surface area contributed by atoms with Crippen LogP contribution < -0.4 is 11.2 Å². The number of halogens is 4. The number of hydrogen-bond donors (Lipinski definition) is 0. The van der Waals surface area contributed by atoms with E-state index in [4.69, 9.17) is 0 Å². The highest BCUT2D eigenvalue weighted by molar-refractivity contribution is 7.18. The highest BCUT2D eigenvalue weighted by Gasteiger charge is 2.15. The Labute approximate surface area is 183 Å². The summed E-state index contributed by atoms with van der Waals surface area (Å²) < 4.78 is 55.2. The van der Waals surface area contributed by atoms with Gasteiger partial charge in [0.25, 0.3) is 5.56 Å². The molecular formula is C23H14F4N2O2S. The summed E-state index contributed by atoms with van der Waals surface area (Å²) in [5, 5.41) is 0. The Balaban J connectivity index is 1.68. The maximum atomic E-state index is 13.5. The Bertz CT molecular complexity index is 1540. The number of nitrogens with zero attached hydrogens (tertiary/aromatic N) is 2. The van der Waals surface area contributed by atoms with Crippen LogP contribution in [0.25, 0.3) is 4.83 Å². The summed E-state index contributed by atoms with van der Waals surface area (Å²) in [5.41, 5.74) is -0.0970. The molecule has 0 aliphatic carbocycles. The number of fused-ring (bicyclic) bond motifs is 1. The molecule has 9 heteroatoms. The molecule has 32 heavy (non-hydrogen) atoms. The average molecular weight is 458 g/mol. The van der Waals surface area contributed by atoms with Crippen LogP contribution in [-0.4, -0.2) is 8.97 Å². The highest BCUT2D eigenvalue weighted by atomic mass is 32.1. The summed E-state index contributed by atoms with van der Waals surface area (Å²) in [5.74, 6) is 1.72. The molecule has 0 saturated carbocycles. The molecule has 0 amide bonds. The van der Waals surface area contributed by atoms with Gasteiger partial charge in [0, 0.05) is 18.2 Å². The first kappa shape index (κ1) is 21.6. The summed E-state index contributed by atoms with van der Waals surface area (Å²) in [6.07, 6.45) is 1.65. The van der Waals surface area contributed by atoms with Crippen molar-refractivity contribution in [1.29, 1.82) is 0 Å². The number of rotatable bonds is 3. The van der Waals surface area contributed by atoms with Crippen LogP contribution in [0.5, 0.6) is 0 Å². The number of aryl methyl sites for hydroxylation is 1. The van der Waals surface area contributed by atoms with Crippen molar-refractivity contribution < 1.29 is 17.6 Å². The van der Waals surface area contributed by atoms with Crippen LogP contribution >= 0.6 is 11.3 Å². The minimum atomic E-state index is -1.07. The number of thiazole rings is 1. The minimum absolute atomic E-state index is 0.169. The maximum Gasteiger partial charge on any atom is 0.336 e. The van der Waals surface area contributed by atoms with E-state index in [0.29, 0.717) is 20.8 Å². The van der Waals surface area contributed by atoms with Gasteiger partial charge in [0.15, 0.2) is 23.3 Å². The Morgan fingerprint density at radius 2 is 1.53 bits per heavy atom. The van der Waals surface area contributed by atoms with E-state index < -0.39 is 34.5 Å². The van der Waals surface area contributed by atoms with Crippen LogP contribution in [-0.2, 0) is 13.0 Å². The fourth-order valence-electron chi connectivity index (χ4n) is 3.17. The first-order valence-electron chi connectivity index (χ1n) is 9.37. The van der Waals surface area contributed by atoms with E-state index in [2.05, 4.69) is 11.8 Å². The summed E-state index contributed by atoms with van der Waals surface area (Å²) in [4.78, 5) is 26.5. The summed E-state index contributed by atoms with van der Waals surface area (Å²) in [6, 6.07) is 6.69. The molecule has 0 fully saturated rings. The predicted octanol–water partition coefficient (Wildman–Crippen LogP) is 4.03. The normalized spacial score (nSPS) is 10.9. The van der Waals surface area contributed by atoms with Gasteiger partial charge in [0.2, 0.25) is 0 Å². The van der Waals surface area contributed by atoms with E-state index >= 15 is 0 Å². The molecule has 0 aliphatic heterocycles. The van der Waals surface area contributed by atoms with E-state index in [0.717, 1.165) is 40.2 Å². The van der Waals surface area contributed by atoms with Crippen molar-refractivity contribution in [2.75, 3.05) is 0 Å². The lowest BCUT2D eigenvalue weighted by Crippen LogP contribution is -2.38. The van der Waals surface area contributed by atoms with Crippen molar-refractivity contribution in [3.63, 3.8) is 0 Å². The summed E-state index contributed by atoms with van der Waals surface area (Å²) >= 11 is 1.14. The molecule has 0 N–H and O–H groups in total. The predicted molar refractivity (Wildman–Crippen MR) is 113 cm³/mol. The fourth-order valence-corrected chi connectivity index (χ4v) is 4.13. The van der Waals surface area contributed by atoms with Gasteiger partial charge in [-0.3, -0.25) is 13.8 Å². The Morgan fingerprint density at radius 3 is 2.19 bits per heavy atom. The first-order valence-corrected chi connectivity index (χ1v) is 10.2. The van der Waals surface area contributed by atoms with Crippen LogP contribution in [0.3, 0.4) is 0 Å². The number of hydrogen-bond acceptors (Lipinski definition) is 3. The van der Waals surface area contributed by atoms with Gasteiger partial charge in [0.1, 0.15) is 4.83 Å².